The van der Waals surface area contributed by atoms with Gasteiger partial charge in [0.05, 0.1) is 0 Å². The quantitative estimate of drug-likeness (QED) is 0.507. The largest absolute Gasteiger partial charge is 0.506 e. The van der Waals surface area contributed by atoms with Crippen LogP contribution in [0.3, 0.4) is 0 Å². The maximum atomic E-state index is 12.5. The third-order valence-corrected chi connectivity index (χ3v) is 4.62. The zero-order valence-corrected chi connectivity index (χ0v) is 14.2. The predicted octanol–water partition coefficient (Wildman–Crippen LogP) is 2.93. The van der Waals surface area contributed by atoms with Gasteiger partial charge in [0.25, 0.3) is 5.91 Å². The summed E-state index contributed by atoms with van der Waals surface area (Å²) in [6.45, 7) is 5.59. The molecular weight excluding hydrogens is 282 g/mol. The smallest absolute Gasteiger partial charge is 0.263 e. The van der Waals surface area contributed by atoms with Crippen molar-refractivity contribution in [3.63, 3.8) is 0 Å². The minimum atomic E-state index is -1.75. The lowest BCUT2D eigenvalue weighted by Crippen LogP contribution is -2.45. The number of hydrogen-bond acceptors (Lipinski definition) is 4. The molecule has 0 spiro atoms. The van der Waals surface area contributed by atoms with E-state index in [0.29, 0.717) is 6.42 Å². The number of hydrogen-bond donors (Lipinski definition) is 2. The van der Waals surface area contributed by atoms with Crippen LogP contribution in [0, 0.1) is 5.92 Å². The van der Waals surface area contributed by atoms with Crippen LogP contribution < -0.4 is 0 Å². The van der Waals surface area contributed by atoms with E-state index in [1.54, 1.807) is 13.8 Å². The Hall–Kier alpha value is -1.36. The average Bonchev–Trinajstić information content (AvgIpc) is 2.68. The van der Waals surface area contributed by atoms with Gasteiger partial charge >= 0.3 is 0 Å². The molecule has 0 aromatic carbocycles. The number of rotatable bonds is 9. The molecule has 1 aliphatic heterocycles. The van der Waals surface area contributed by atoms with Gasteiger partial charge in [0.15, 0.2) is 17.3 Å². The zero-order chi connectivity index (χ0) is 16.9. The molecule has 1 rings (SSSR count). The number of aliphatic hydroxyl groups excluding tert-OH is 1. The number of carbonyl (C=O) groups is 2. The minimum Gasteiger partial charge on any atom is -0.506 e. The topological polar surface area (TPSA) is 77.8 Å². The molecule has 1 aliphatic rings. The average molecular weight is 311 g/mol. The van der Waals surface area contributed by atoms with Gasteiger partial charge < -0.3 is 15.1 Å². The summed E-state index contributed by atoms with van der Waals surface area (Å²) in [5.74, 6) is -1.78. The van der Waals surface area contributed by atoms with Crippen LogP contribution in [0.2, 0.25) is 0 Å². The van der Waals surface area contributed by atoms with Gasteiger partial charge in [0, 0.05) is 19.4 Å². The van der Waals surface area contributed by atoms with Crippen LogP contribution in [0.15, 0.2) is 11.3 Å². The Morgan fingerprint density at radius 2 is 1.82 bits per heavy atom. The zero-order valence-electron chi connectivity index (χ0n) is 14.2. The lowest BCUT2D eigenvalue weighted by atomic mass is 9.92. The predicted molar refractivity (Wildman–Crippen MR) is 85.2 cm³/mol. The van der Waals surface area contributed by atoms with E-state index in [9.17, 15) is 19.8 Å². The van der Waals surface area contributed by atoms with Crippen LogP contribution in [-0.4, -0.2) is 39.6 Å². The fourth-order valence-electron chi connectivity index (χ4n) is 2.85. The summed E-state index contributed by atoms with van der Waals surface area (Å²) in [5.41, 5.74) is -1.99. The van der Waals surface area contributed by atoms with Crippen LogP contribution in [-0.2, 0) is 9.59 Å². The first-order valence-electron chi connectivity index (χ1n) is 8.29. The standard InChI is InChI=1S/C17H29NO4/c1-5-7-8-9-10-11-12(3)14(19)13-15(20)17(22,6-2)18(4)16(13)21/h12,20,22H,5-11H2,1-4H3. The van der Waals surface area contributed by atoms with E-state index >= 15 is 0 Å². The van der Waals surface area contributed by atoms with Crippen LogP contribution in [0.5, 0.6) is 0 Å². The molecule has 2 atom stereocenters. The molecule has 1 heterocycles. The molecule has 0 saturated heterocycles. The Labute approximate surface area is 133 Å². The van der Waals surface area contributed by atoms with E-state index in [0.717, 1.165) is 24.2 Å². The van der Waals surface area contributed by atoms with E-state index < -0.39 is 17.4 Å². The summed E-state index contributed by atoms with van der Waals surface area (Å²) in [6.07, 6.45) is 6.37. The number of Topliss-reactive ketones (excluding diaryl/α,β-unsaturated/α-hetero) is 1. The third-order valence-electron chi connectivity index (χ3n) is 4.62. The summed E-state index contributed by atoms with van der Waals surface area (Å²) in [4.78, 5) is 25.7. The summed E-state index contributed by atoms with van der Waals surface area (Å²) in [5, 5.41) is 20.5. The van der Waals surface area contributed by atoms with Crippen molar-refractivity contribution in [2.24, 2.45) is 5.92 Å². The Kier molecular flexibility index (Phi) is 6.60. The van der Waals surface area contributed by atoms with Crippen LogP contribution in [0.1, 0.15) is 65.7 Å². The second-order valence-corrected chi connectivity index (χ2v) is 6.23. The summed E-state index contributed by atoms with van der Waals surface area (Å²) in [6, 6.07) is 0. The van der Waals surface area contributed by atoms with Crippen molar-refractivity contribution in [2.45, 2.75) is 71.4 Å². The number of ketones is 1. The van der Waals surface area contributed by atoms with Gasteiger partial charge in [-0.15, -0.1) is 0 Å². The van der Waals surface area contributed by atoms with Crippen LogP contribution in [0.25, 0.3) is 0 Å². The maximum Gasteiger partial charge on any atom is 0.263 e. The SMILES string of the molecule is CCCCCCCC(C)C(=O)C1=C(O)C(O)(CC)N(C)C1=O. The molecule has 126 valence electrons. The molecule has 1 amide bonds. The van der Waals surface area contributed by atoms with Crippen molar-refractivity contribution in [3.05, 3.63) is 11.3 Å². The molecule has 0 aromatic heterocycles. The molecule has 0 saturated carbocycles. The molecule has 2 N–H and O–H groups in total. The maximum absolute atomic E-state index is 12.5. The Bertz CT molecular complexity index is 458. The normalized spacial score (nSPS) is 23.3. The molecular formula is C17H29NO4. The van der Waals surface area contributed by atoms with Gasteiger partial charge in [0.1, 0.15) is 5.57 Å². The molecule has 5 heteroatoms. The number of likely N-dealkylation sites (N-methyl/N-ethyl adjacent to an activating group) is 1. The molecule has 5 nitrogen and oxygen atoms in total. The van der Waals surface area contributed by atoms with E-state index in [4.69, 9.17) is 0 Å². The lowest BCUT2D eigenvalue weighted by Gasteiger charge is -2.29. The summed E-state index contributed by atoms with van der Waals surface area (Å²) < 4.78 is 0. The molecule has 0 fully saturated rings. The van der Waals surface area contributed by atoms with E-state index in [1.807, 2.05) is 0 Å². The highest BCUT2D eigenvalue weighted by Gasteiger charge is 2.50. The number of amides is 1. The van der Waals surface area contributed by atoms with Crippen molar-refractivity contribution in [2.75, 3.05) is 7.05 Å². The van der Waals surface area contributed by atoms with E-state index in [-0.39, 0.29) is 23.7 Å². The second-order valence-electron chi connectivity index (χ2n) is 6.23. The lowest BCUT2D eigenvalue weighted by molar-refractivity contribution is -0.143. The Morgan fingerprint density at radius 1 is 1.23 bits per heavy atom. The van der Waals surface area contributed by atoms with Gasteiger partial charge in [-0.05, 0) is 6.42 Å². The number of nitrogens with zero attached hydrogens (tertiary/aromatic N) is 1. The van der Waals surface area contributed by atoms with Gasteiger partial charge in [-0.1, -0.05) is 52.9 Å². The highest BCUT2D eigenvalue weighted by atomic mass is 16.4. The molecule has 2 unspecified atom stereocenters. The molecule has 0 aliphatic carbocycles. The minimum absolute atomic E-state index is 0.142. The van der Waals surface area contributed by atoms with Gasteiger partial charge in [0.2, 0.25) is 0 Å². The van der Waals surface area contributed by atoms with Crippen molar-refractivity contribution < 1.29 is 19.8 Å². The number of aliphatic hydroxyl groups is 2. The highest BCUT2D eigenvalue weighted by Crippen LogP contribution is 2.35. The number of unbranched alkanes of at least 4 members (excludes halogenated alkanes) is 4. The van der Waals surface area contributed by atoms with Crippen LogP contribution in [0.4, 0.5) is 0 Å². The highest BCUT2D eigenvalue weighted by molar-refractivity contribution is 6.22. The summed E-state index contributed by atoms with van der Waals surface area (Å²) >= 11 is 0. The van der Waals surface area contributed by atoms with E-state index in [2.05, 4.69) is 6.92 Å². The number of carbonyl (C=O) groups excluding carboxylic acids is 2. The van der Waals surface area contributed by atoms with Crippen molar-refractivity contribution in [1.82, 2.24) is 4.90 Å². The first-order chi connectivity index (χ1) is 10.3. The monoisotopic (exact) mass is 311 g/mol. The third kappa shape index (κ3) is 3.51. The summed E-state index contributed by atoms with van der Waals surface area (Å²) in [7, 11) is 1.40. The van der Waals surface area contributed by atoms with Crippen LogP contribution >= 0.6 is 0 Å². The fraction of sp³-hybridized carbons (Fsp3) is 0.765. The molecule has 0 aromatic rings. The van der Waals surface area contributed by atoms with Gasteiger partial charge in [-0.2, -0.15) is 0 Å². The van der Waals surface area contributed by atoms with Crippen molar-refractivity contribution in [3.8, 4) is 0 Å². The van der Waals surface area contributed by atoms with Gasteiger partial charge in [-0.25, -0.2) is 0 Å². The fourth-order valence-corrected chi connectivity index (χ4v) is 2.85. The molecule has 0 radical (unpaired) electrons. The Morgan fingerprint density at radius 3 is 2.32 bits per heavy atom. The molecule has 22 heavy (non-hydrogen) atoms. The Balaban J connectivity index is 2.73. The van der Waals surface area contributed by atoms with Crippen molar-refractivity contribution in [1.29, 1.82) is 0 Å². The molecule has 0 bridgehead atoms. The second kappa shape index (κ2) is 7.77. The van der Waals surface area contributed by atoms with Gasteiger partial charge in [-0.3, -0.25) is 9.59 Å². The first-order valence-corrected chi connectivity index (χ1v) is 8.29. The van der Waals surface area contributed by atoms with Crippen molar-refractivity contribution >= 4 is 11.7 Å². The van der Waals surface area contributed by atoms with E-state index in [1.165, 1.54) is 19.9 Å². The first kappa shape index (κ1) is 18.7.